The van der Waals surface area contributed by atoms with Crippen LogP contribution in [0.5, 0.6) is 5.88 Å². The quantitative estimate of drug-likeness (QED) is 0.868. The van der Waals surface area contributed by atoms with Crippen LogP contribution in [0.3, 0.4) is 0 Å². The lowest BCUT2D eigenvalue weighted by atomic mass is 10.2. The van der Waals surface area contributed by atoms with Crippen molar-refractivity contribution in [2.45, 2.75) is 26.1 Å². The van der Waals surface area contributed by atoms with E-state index < -0.39 is 12.8 Å². The number of alkyl halides is 3. The molecule has 0 fully saturated rings. The maximum atomic E-state index is 12.0. The molecule has 1 aromatic rings. The fourth-order valence-corrected chi connectivity index (χ4v) is 1.34. The standard InChI is InChI=1S/C11H15F3N2O/c1-3-9-4-8(6-15-2)5-10(16-9)17-7-11(12,13)14/h4-5,15H,3,6-7H2,1-2H3. The summed E-state index contributed by atoms with van der Waals surface area (Å²) in [5.41, 5.74) is 1.58. The van der Waals surface area contributed by atoms with E-state index in [4.69, 9.17) is 0 Å². The fourth-order valence-electron chi connectivity index (χ4n) is 1.34. The maximum Gasteiger partial charge on any atom is 0.422 e. The van der Waals surface area contributed by atoms with Gasteiger partial charge >= 0.3 is 6.18 Å². The third-order valence-corrected chi connectivity index (χ3v) is 2.04. The van der Waals surface area contributed by atoms with Gasteiger partial charge in [0.2, 0.25) is 5.88 Å². The van der Waals surface area contributed by atoms with Gasteiger partial charge in [-0.05, 0) is 25.1 Å². The van der Waals surface area contributed by atoms with Crippen LogP contribution in [-0.2, 0) is 13.0 Å². The Labute approximate surface area is 98.0 Å². The minimum atomic E-state index is -4.34. The molecule has 0 aliphatic rings. The van der Waals surface area contributed by atoms with Crippen LogP contribution in [0, 0.1) is 0 Å². The van der Waals surface area contributed by atoms with E-state index in [1.165, 1.54) is 6.07 Å². The number of hydrogen-bond donors (Lipinski definition) is 1. The predicted octanol–water partition coefficient (Wildman–Crippen LogP) is 2.30. The van der Waals surface area contributed by atoms with E-state index >= 15 is 0 Å². The third kappa shape index (κ3) is 5.04. The van der Waals surface area contributed by atoms with Crippen molar-refractivity contribution in [2.75, 3.05) is 13.7 Å². The Bertz CT molecular complexity index is 366. The first kappa shape index (κ1) is 13.8. The molecule has 0 unspecified atom stereocenters. The van der Waals surface area contributed by atoms with Gasteiger partial charge in [0.05, 0.1) is 0 Å². The Hall–Kier alpha value is -1.30. The molecule has 96 valence electrons. The average molecular weight is 248 g/mol. The summed E-state index contributed by atoms with van der Waals surface area (Å²) in [4.78, 5) is 3.99. The number of nitrogens with one attached hydrogen (secondary N) is 1. The van der Waals surface area contributed by atoms with Gasteiger partial charge in [-0.2, -0.15) is 13.2 Å². The Morgan fingerprint density at radius 2 is 2.06 bits per heavy atom. The number of nitrogens with zero attached hydrogens (tertiary/aromatic N) is 1. The van der Waals surface area contributed by atoms with E-state index in [0.717, 1.165) is 11.3 Å². The van der Waals surface area contributed by atoms with E-state index in [1.807, 2.05) is 13.0 Å². The van der Waals surface area contributed by atoms with Crippen LogP contribution in [0.15, 0.2) is 12.1 Å². The number of hydrogen-bond acceptors (Lipinski definition) is 3. The Morgan fingerprint density at radius 1 is 1.35 bits per heavy atom. The van der Waals surface area contributed by atoms with E-state index in [0.29, 0.717) is 13.0 Å². The summed E-state index contributed by atoms with van der Waals surface area (Å²) in [5, 5.41) is 2.93. The fraction of sp³-hybridized carbons (Fsp3) is 0.545. The Morgan fingerprint density at radius 3 is 2.59 bits per heavy atom. The summed E-state index contributed by atoms with van der Waals surface area (Å²) >= 11 is 0. The van der Waals surface area contributed by atoms with Crippen molar-refractivity contribution in [1.29, 1.82) is 0 Å². The first-order valence-corrected chi connectivity index (χ1v) is 5.28. The molecule has 1 rings (SSSR count). The van der Waals surface area contributed by atoms with Gasteiger partial charge in [0, 0.05) is 18.3 Å². The van der Waals surface area contributed by atoms with Gasteiger partial charge in [-0.15, -0.1) is 0 Å². The molecule has 3 nitrogen and oxygen atoms in total. The van der Waals surface area contributed by atoms with Gasteiger partial charge in [-0.1, -0.05) is 6.92 Å². The molecule has 0 aliphatic heterocycles. The summed E-state index contributed by atoms with van der Waals surface area (Å²) in [6.07, 6.45) is -3.69. The van der Waals surface area contributed by atoms with Gasteiger partial charge in [0.15, 0.2) is 6.61 Å². The highest BCUT2D eigenvalue weighted by molar-refractivity contribution is 5.25. The molecule has 0 spiro atoms. The lowest BCUT2D eigenvalue weighted by molar-refractivity contribution is -0.154. The first-order valence-electron chi connectivity index (χ1n) is 5.28. The van der Waals surface area contributed by atoms with Crippen LogP contribution in [-0.4, -0.2) is 24.8 Å². The molecule has 0 aliphatic carbocycles. The average Bonchev–Trinajstić information content (AvgIpc) is 2.25. The zero-order valence-electron chi connectivity index (χ0n) is 9.77. The molecule has 0 amide bonds. The van der Waals surface area contributed by atoms with E-state index in [9.17, 15) is 13.2 Å². The minimum Gasteiger partial charge on any atom is -0.468 e. The van der Waals surface area contributed by atoms with Crippen molar-refractivity contribution in [3.05, 3.63) is 23.4 Å². The van der Waals surface area contributed by atoms with Crippen molar-refractivity contribution in [1.82, 2.24) is 10.3 Å². The lowest BCUT2D eigenvalue weighted by Gasteiger charge is -2.11. The number of ether oxygens (including phenoxy) is 1. The van der Waals surface area contributed by atoms with Gasteiger partial charge in [-0.3, -0.25) is 0 Å². The molecule has 0 saturated carbocycles. The van der Waals surface area contributed by atoms with Gasteiger partial charge in [0.1, 0.15) is 0 Å². The van der Waals surface area contributed by atoms with Crippen molar-refractivity contribution >= 4 is 0 Å². The zero-order valence-corrected chi connectivity index (χ0v) is 9.77. The highest BCUT2D eigenvalue weighted by Gasteiger charge is 2.28. The number of halogens is 3. The number of aryl methyl sites for hydroxylation is 1. The van der Waals surface area contributed by atoms with Crippen LogP contribution >= 0.6 is 0 Å². The van der Waals surface area contributed by atoms with Crippen LogP contribution in [0.4, 0.5) is 13.2 Å². The summed E-state index contributed by atoms with van der Waals surface area (Å²) < 4.78 is 40.7. The molecule has 0 bridgehead atoms. The molecule has 17 heavy (non-hydrogen) atoms. The zero-order chi connectivity index (χ0) is 12.9. The predicted molar refractivity (Wildman–Crippen MR) is 57.9 cm³/mol. The first-order chi connectivity index (χ1) is 7.94. The second-order valence-corrected chi connectivity index (χ2v) is 3.59. The van der Waals surface area contributed by atoms with Crippen molar-refractivity contribution < 1.29 is 17.9 Å². The largest absolute Gasteiger partial charge is 0.468 e. The van der Waals surface area contributed by atoms with Crippen molar-refractivity contribution in [3.8, 4) is 5.88 Å². The highest BCUT2D eigenvalue weighted by Crippen LogP contribution is 2.18. The van der Waals surface area contributed by atoms with Gasteiger partial charge in [-0.25, -0.2) is 4.98 Å². The number of pyridine rings is 1. The SMILES string of the molecule is CCc1cc(CNC)cc(OCC(F)(F)F)n1. The lowest BCUT2D eigenvalue weighted by Crippen LogP contribution is -2.20. The summed E-state index contributed by atoms with van der Waals surface area (Å²) in [6, 6.07) is 3.36. The highest BCUT2D eigenvalue weighted by atomic mass is 19.4. The summed E-state index contributed by atoms with van der Waals surface area (Å²) in [7, 11) is 1.77. The molecule has 1 aromatic heterocycles. The topological polar surface area (TPSA) is 34.1 Å². The number of rotatable bonds is 5. The maximum absolute atomic E-state index is 12.0. The minimum absolute atomic E-state index is 0.0203. The molecule has 0 saturated heterocycles. The van der Waals surface area contributed by atoms with Gasteiger partial charge < -0.3 is 10.1 Å². The summed E-state index contributed by atoms with van der Waals surface area (Å²) in [6.45, 7) is 1.14. The smallest absolute Gasteiger partial charge is 0.422 e. The monoisotopic (exact) mass is 248 g/mol. The van der Waals surface area contributed by atoms with Crippen LogP contribution in [0.2, 0.25) is 0 Å². The Kier molecular flexibility index (Phi) is 4.74. The molecule has 0 radical (unpaired) electrons. The molecule has 0 atom stereocenters. The van der Waals surface area contributed by atoms with Crippen LogP contribution < -0.4 is 10.1 Å². The molecule has 6 heteroatoms. The van der Waals surface area contributed by atoms with E-state index in [-0.39, 0.29) is 5.88 Å². The second-order valence-electron chi connectivity index (χ2n) is 3.59. The van der Waals surface area contributed by atoms with Gasteiger partial charge in [0.25, 0.3) is 0 Å². The van der Waals surface area contributed by atoms with E-state index in [2.05, 4.69) is 15.0 Å². The Balaban J connectivity index is 2.79. The van der Waals surface area contributed by atoms with Crippen LogP contribution in [0.1, 0.15) is 18.2 Å². The molecule has 1 N–H and O–H groups in total. The van der Waals surface area contributed by atoms with Crippen molar-refractivity contribution in [3.63, 3.8) is 0 Å². The molecule has 1 heterocycles. The normalized spacial score (nSPS) is 11.6. The second kappa shape index (κ2) is 5.86. The third-order valence-electron chi connectivity index (χ3n) is 2.04. The van der Waals surface area contributed by atoms with Crippen LogP contribution in [0.25, 0.3) is 0 Å². The molecule has 0 aromatic carbocycles. The number of aromatic nitrogens is 1. The molecular formula is C11H15F3N2O. The summed E-state index contributed by atoms with van der Waals surface area (Å²) in [5.74, 6) is 0.0203. The van der Waals surface area contributed by atoms with E-state index in [1.54, 1.807) is 7.05 Å². The molecular weight excluding hydrogens is 233 g/mol. The van der Waals surface area contributed by atoms with Crippen molar-refractivity contribution in [2.24, 2.45) is 0 Å².